The monoisotopic (exact) mass is 224 g/mol. The molecule has 0 aromatic carbocycles. The van der Waals surface area contributed by atoms with E-state index in [9.17, 15) is 0 Å². The van der Waals surface area contributed by atoms with Gasteiger partial charge in [-0.1, -0.05) is 18.6 Å². The topological polar surface area (TPSA) is 25.8 Å². The number of pyridine rings is 2. The molecule has 0 aliphatic heterocycles. The largest absolute Gasteiger partial charge is 0.261 e. The molecule has 0 bridgehead atoms. The van der Waals surface area contributed by atoms with Gasteiger partial charge in [0.2, 0.25) is 0 Å². The van der Waals surface area contributed by atoms with Crippen molar-refractivity contribution in [1.82, 2.24) is 9.97 Å². The van der Waals surface area contributed by atoms with Crippen molar-refractivity contribution >= 4 is 0 Å². The molecule has 2 heteroatoms. The van der Waals surface area contributed by atoms with E-state index in [1.165, 1.54) is 30.7 Å². The Labute approximate surface area is 102 Å². The number of nitrogens with zero attached hydrogens (tertiary/aromatic N) is 2. The van der Waals surface area contributed by atoms with E-state index >= 15 is 0 Å². The maximum Gasteiger partial charge on any atom is 0.0441 e. The number of hydrogen-bond donors (Lipinski definition) is 0. The maximum absolute atomic E-state index is 4.51. The van der Waals surface area contributed by atoms with E-state index in [1.807, 2.05) is 24.5 Å². The van der Waals surface area contributed by atoms with Crippen molar-refractivity contribution in [2.45, 2.75) is 31.1 Å². The van der Waals surface area contributed by atoms with E-state index in [4.69, 9.17) is 0 Å². The quantitative estimate of drug-likeness (QED) is 0.780. The lowest BCUT2D eigenvalue weighted by molar-refractivity contribution is 0.593. The van der Waals surface area contributed by atoms with Gasteiger partial charge in [0.15, 0.2) is 0 Å². The standard InChI is InChI=1S/C15H16N2/c1-3-10-16-14(8-1)12-6-5-7-13(12)15-9-2-4-11-17-15/h1-4,8-13H,5-7H2/t12-,13-/m1/s1. The summed E-state index contributed by atoms with van der Waals surface area (Å²) in [5.74, 6) is 1.09. The molecule has 1 saturated carbocycles. The van der Waals surface area contributed by atoms with Crippen LogP contribution in [0.15, 0.2) is 48.8 Å². The molecular formula is C15H16N2. The molecule has 2 atom stereocenters. The summed E-state index contributed by atoms with van der Waals surface area (Å²) in [5.41, 5.74) is 2.45. The van der Waals surface area contributed by atoms with Gasteiger partial charge in [-0.25, -0.2) is 0 Å². The zero-order valence-corrected chi connectivity index (χ0v) is 9.79. The highest BCUT2D eigenvalue weighted by atomic mass is 14.7. The normalized spacial score (nSPS) is 23.8. The fourth-order valence-corrected chi connectivity index (χ4v) is 2.86. The minimum absolute atomic E-state index is 0.547. The van der Waals surface area contributed by atoms with Crippen LogP contribution in [0.4, 0.5) is 0 Å². The van der Waals surface area contributed by atoms with Crippen LogP contribution in [0, 0.1) is 0 Å². The third-order valence-corrected chi connectivity index (χ3v) is 3.65. The summed E-state index contributed by atoms with van der Waals surface area (Å²) >= 11 is 0. The predicted octanol–water partition coefficient (Wildman–Crippen LogP) is 3.53. The average Bonchev–Trinajstić information content (AvgIpc) is 2.90. The summed E-state index contributed by atoms with van der Waals surface area (Å²) < 4.78 is 0. The SMILES string of the molecule is c1ccc([C@@H]2CCC[C@H]2c2ccccn2)nc1. The second-order valence-electron chi connectivity index (χ2n) is 4.65. The van der Waals surface area contributed by atoms with Gasteiger partial charge in [0.25, 0.3) is 0 Å². The van der Waals surface area contributed by atoms with Gasteiger partial charge in [0.1, 0.15) is 0 Å². The molecule has 86 valence electrons. The van der Waals surface area contributed by atoms with Crippen LogP contribution in [0.2, 0.25) is 0 Å². The first-order valence-corrected chi connectivity index (χ1v) is 6.27. The van der Waals surface area contributed by atoms with Crippen LogP contribution >= 0.6 is 0 Å². The van der Waals surface area contributed by atoms with Crippen molar-refractivity contribution in [3.8, 4) is 0 Å². The summed E-state index contributed by atoms with van der Waals surface area (Å²) in [6.45, 7) is 0. The van der Waals surface area contributed by atoms with Crippen LogP contribution in [0.25, 0.3) is 0 Å². The lowest BCUT2D eigenvalue weighted by atomic mass is 9.89. The Morgan fingerprint density at radius 2 is 1.29 bits per heavy atom. The fourth-order valence-electron chi connectivity index (χ4n) is 2.86. The van der Waals surface area contributed by atoms with Gasteiger partial charge in [0.05, 0.1) is 0 Å². The van der Waals surface area contributed by atoms with Gasteiger partial charge in [-0.2, -0.15) is 0 Å². The van der Waals surface area contributed by atoms with E-state index in [-0.39, 0.29) is 0 Å². The molecule has 1 aliphatic carbocycles. The van der Waals surface area contributed by atoms with Crippen LogP contribution in [0.3, 0.4) is 0 Å². The van der Waals surface area contributed by atoms with E-state index < -0.39 is 0 Å². The van der Waals surface area contributed by atoms with Gasteiger partial charge in [-0.15, -0.1) is 0 Å². The van der Waals surface area contributed by atoms with Gasteiger partial charge >= 0.3 is 0 Å². The molecule has 17 heavy (non-hydrogen) atoms. The first-order valence-electron chi connectivity index (χ1n) is 6.27. The van der Waals surface area contributed by atoms with Gasteiger partial charge < -0.3 is 0 Å². The van der Waals surface area contributed by atoms with E-state index in [0.29, 0.717) is 11.8 Å². The molecule has 2 aromatic heterocycles. The minimum Gasteiger partial charge on any atom is -0.261 e. The smallest absolute Gasteiger partial charge is 0.0441 e. The molecule has 3 rings (SSSR count). The molecule has 2 heterocycles. The van der Waals surface area contributed by atoms with Gasteiger partial charge in [-0.3, -0.25) is 9.97 Å². The predicted molar refractivity (Wildman–Crippen MR) is 67.8 cm³/mol. The van der Waals surface area contributed by atoms with Crippen LogP contribution in [0.5, 0.6) is 0 Å². The molecule has 0 N–H and O–H groups in total. The zero-order valence-electron chi connectivity index (χ0n) is 9.79. The summed E-state index contributed by atoms with van der Waals surface area (Å²) in [4.78, 5) is 9.02. The van der Waals surface area contributed by atoms with Crippen molar-refractivity contribution in [3.05, 3.63) is 60.2 Å². The van der Waals surface area contributed by atoms with E-state index in [0.717, 1.165) is 0 Å². The number of rotatable bonds is 2. The first-order chi connectivity index (χ1) is 8.45. The Balaban J connectivity index is 1.91. The third-order valence-electron chi connectivity index (χ3n) is 3.65. The van der Waals surface area contributed by atoms with Crippen molar-refractivity contribution in [1.29, 1.82) is 0 Å². The molecule has 0 saturated heterocycles. The van der Waals surface area contributed by atoms with Crippen molar-refractivity contribution < 1.29 is 0 Å². The molecule has 0 amide bonds. The highest BCUT2D eigenvalue weighted by Crippen LogP contribution is 2.44. The number of aromatic nitrogens is 2. The second kappa shape index (κ2) is 4.66. The molecule has 0 radical (unpaired) electrons. The van der Waals surface area contributed by atoms with Crippen LogP contribution in [0.1, 0.15) is 42.5 Å². The van der Waals surface area contributed by atoms with Gasteiger partial charge in [0, 0.05) is 35.6 Å². The fraction of sp³-hybridized carbons (Fsp3) is 0.333. The average molecular weight is 224 g/mol. The maximum atomic E-state index is 4.51. The summed E-state index contributed by atoms with van der Waals surface area (Å²) in [6.07, 6.45) is 7.53. The highest BCUT2D eigenvalue weighted by Gasteiger charge is 2.31. The first kappa shape index (κ1) is 10.5. The molecule has 1 aliphatic rings. The lowest BCUT2D eigenvalue weighted by Crippen LogP contribution is -2.07. The van der Waals surface area contributed by atoms with Crippen molar-refractivity contribution in [2.24, 2.45) is 0 Å². The van der Waals surface area contributed by atoms with Gasteiger partial charge in [-0.05, 0) is 37.1 Å². The van der Waals surface area contributed by atoms with Crippen molar-refractivity contribution in [3.63, 3.8) is 0 Å². The minimum atomic E-state index is 0.547. The zero-order chi connectivity index (χ0) is 11.5. The third kappa shape index (κ3) is 2.07. The van der Waals surface area contributed by atoms with Crippen LogP contribution in [-0.2, 0) is 0 Å². The summed E-state index contributed by atoms with van der Waals surface area (Å²) in [6, 6.07) is 12.4. The summed E-state index contributed by atoms with van der Waals surface area (Å²) in [7, 11) is 0. The highest BCUT2D eigenvalue weighted by molar-refractivity contribution is 5.21. The van der Waals surface area contributed by atoms with Crippen molar-refractivity contribution in [2.75, 3.05) is 0 Å². The Morgan fingerprint density at radius 1 is 0.765 bits per heavy atom. The Morgan fingerprint density at radius 3 is 1.71 bits per heavy atom. The Kier molecular flexibility index (Phi) is 2.87. The van der Waals surface area contributed by atoms with Crippen LogP contribution in [-0.4, -0.2) is 9.97 Å². The summed E-state index contributed by atoms with van der Waals surface area (Å²) in [5, 5.41) is 0. The molecule has 1 fully saturated rings. The molecule has 0 spiro atoms. The molecule has 2 nitrogen and oxygen atoms in total. The lowest BCUT2D eigenvalue weighted by Gasteiger charge is -2.18. The number of hydrogen-bond acceptors (Lipinski definition) is 2. The van der Waals surface area contributed by atoms with E-state index in [2.05, 4.69) is 34.2 Å². The Bertz CT molecular complexity index is 421. The molecule has 2 aromatic rings. The van der Waals surface area contributed by atoms with E-state index in [1.54, 1.807) is 0 Å². The molecular weight excluding hydrogens is 208 g/mol. The second-order valence-corrected chi connectivity index (χ2v) is 4.65. The van der Waals surface area contributed by atoms with Crippen LogP contribution < -0.4 is 0 Å². The Hall–Kier alpha value is -1.70. The molecule has 0 unspecified atom stereocenters.